The minimum atomic E-state index is -0.608. The number of aromatic nitrogens is 5. The van der Waals surface area contributed by atoms with Crippen molar-refractivity contribution in [2.24, 2.45) is 11.8 Å². The predicted molar refractivity (Wildman–Crippen MR) is 115 cm³/mol. The smallest absolute Gasteiger partial charge is 0.416 e. The maximum Gasteiger partial charge on any atom is 0.416 e. The molecule has 10 heteroatoms. The molecule has 4 heterocycles. The van der Waals surface area contributed by atoms with Gasteiger partial charge in [-0.3, -0.25) is 9.48 Å². The summed E-state index contributed by atoms with van der Waals surface area (Å²) in [6.07, 6.45) is 7.63. The number of imide groups is 1. The number of amides is 2. The number of nitrogens with one attached hydrogen (secondary N) is 1. The Kier molecular flexibility index (Phi) is 5.88. The first kappa shape index (κ1) is 20.8. The lowest BCUT2D eigenvalue weighted by molar-refractivity contribution is -0.128. The van der Waals surface area contributed by atoms with Crippen molar-refractivity contribution in [3.05, 3.63) is 30.9 Å². The van der Waals surface area contributed by atoms with Gasteiger partial charge in [-0.2, -0.15) is 10.1 Å². The summed E-state index contributed by atoms with van der Waals surface area (Å²) in [5.74, 6) is 1.27. The highest BCUT2D eigenvalue weighted by molar-refractivity contribution is 5.92. The molecule has 1 aliphatic heterocycles. The van der Waals surface area contributed by atoms with E-state index >= 15 is 0 Å². The van der Waals surface area contributed by atoms with Gasteiger partial charge in [-0.25, -0.2) is 14.7 Å². The molecule has 4 rings (SSSR count). The van der Waals surface area contributed by atoms with Crippen molar-refractivity contribution < 1.29 is 14.3 Å². The lowest BCUT2D eigenvalue weighted by Gasteiger charge is -2.20. The number of carbonyl (C=O) groups is 2. The van der Waals surface area contributed by atoms with Crippen molar-refractivity contribution in [3.8, 4) is 0 Å². The van der Waals surface area contributed by atoms with Gasteiger partial charge < -0.3 is 14.6 Å². The van der Waals surface area contributed by atoms with Crippen molar-refractivity contribution >= 4 is 34.7 Å². The number of hydrogen-bond acceptors (Lipinski definition) is 7. The van der Waals surface area contributed by atoms with Gasteiger partial charge in [-0.05, 0) is 17.9 Å². The molecule has 1 saturated heterocycles. The molecule has 0 aliphatic carbocycles. The Balaban J connectivity index is 1.46. The fourth-order valence-electron chi connectivity index (χ4n) is 3.73. The van der Waals surface area contributed by atoms with Gasteiger partial charge in [0.1, 0.15) is 18.8 Å². The Morgan fingerprint density at radius 1 is 1.32 bits per heavy atom. The fourth-order valence-corrected chi connectivity index (χ4v) is 3.73. The van der Waals surface area contributed by atoms with Gasteiger partial charge in [0, 0.05) is 30.5 Å². The SMILES string of the molecule is CC[C@H](Cn1ccc2cnc(Nc3cnn(CC(=O)N4CCOC4=O)c3)nc21)C(C)C. The highest BCUT2D eigenvalue weighted by Crippen LogP contribution is 2.22. The third-order valence-electron chi connectivity index (χ3n) is 5.65. The lowest BCUT2D eigenvalue weighted by atomic mass is 9.93. The van der Waals surface area contributed by atoms with Crippen LogP contribution in [0.2, 0.25) is 0 Å². The number of nitrogens with zero attached hydrogens (tertiary/aromatic N) is 6. The molecule has 2 amide bonds. The zero-order chi connectivity index (χ0) is 22.0. The van der Waals surface area contributed by atoms with Gasteiger partial charge in [0.25, 0.3) is 5.91 Å². The van der Waals surface area contributed by atoms with Crippen LogP contribution in [0, 0.1) is 11.8 Å². The predicted octanol–water partition coefficient (Wildman–Crippen LogP) is 3.03. The van der Waals surface area contributed by atoms with Crippen LogP contribution in [-0.2, 0) is 22.6 Å². The second-order valence-electron chi connectivity index (χ2n) is 8.06. The summed E-state index contributed by atoms with van der Waals surface area (Å²) in [5.41, 5.74) is 1.54. The first-order chi connectivity index (χ1) is 14.9. The van der Waals surface area contributed by atoms with E-state index in [1.807, 2.05) is 6.07 Å². The van der Waals surface area contributed by atoms with Crippen LogP contribution in [0.3, 0.4) is 0 Å². The molecule has 1 N–H and O–H groups in total. The van der Waals surface area contributed by atoms with Gasteiger partial charge in [0.05, 0.1) is 18.4 Å². The molecule has 3 aromatic heterocycles. The second-order valence-corrected chi connectivity index (χ2v) is 8.06. The summed E-state index contributed by atoms with van der Waals surface area (Å²) in [4.78, 5) is 33.9. The highest BCUT2D eigenvalue weighted by Gasteiger charge is 2.28. The van der Waals surface area contributed by atoms with Crippen molar-refractivity contribution in [1.82, 2.24) is 29.2 Å². The number of fused-ring (bicyclic) bond motifs is 1. The van der Waals surface area contributed by atoms with Crippen LogP contribution < -0.4 is 5.32 Å². The van der Waals surface area contributed by atoms with Crippen LogP contribution in [-0.4, -0.2) is 54.4 Å². The Hall–Kier alpha value is -3.43. The first-order valence-corrected chi connectivity index (χ1v) is 10.5. The van der Waals surface area contributed by atoms with Gasteiger partial charge in [0.15, 0.2) is 0 Å². The Morgan fingerprint density at radius 2 is 2.16 bits per heavy atom. The summed E-state index contributed by atoms with van der Waals surface area (Å²) < 4.78 is 8.43. The van der Waals surface area contributed by atoms with E-state index in [9.17, 15) is 9.59 Å². The van der Waals surface area contributed by atoms with E-state index in [2.05, 4.69) is 51.9 Å². The maximum atomic E-state index is 12.2. The number of hydrogen-bond donors (Lipinski definition) is 1. The molecule has 1 aliphatic rings. The Labute approximate surface area is 180 Å². The van der Waals surface area contributed by atoms with Crippen LogP contribution in [0.25, 0.3) is 11.0 Å². The molecule has 3 aromatic rings. The number of rotatable bonds is 8. The molecular formula is C21H27N7O3. The molecule has 0 spiro atoms. The highest BCUT2D eigenvalue weighted by atomic mass is 16.6. The van der Waals surface area contributed by atoms with Crippen LogP contribution in [0.15, 0.2) is 30.9 Å². The molecule has 1 atom stereocenters. The quantitative estimate of drug-likeness (QED) is 0.591. The number of anilines is 2. The molecule has 0 aromatic carbocycles. The lowest BCUT2D eigenvalue weighted by Crippen LogP contribution is -2.34. The normalized spacial score (nSPS) is 15.0. The van der Waals surface area contributed by atoms with Gasteiger partial charge in [-0.1, -0.05) is 27.2 Å². The minimum absolute atomic E-state index is 0.0485. The maximum absolute atomic E-state index is 12.2. The van der Waals surface area contributed by atoms with Crippen molar-refractivity contribution in [3.63, 3.8) is 0 Å². The minimum Gasteiger partial charge on any atom is -0.447 e. The summed E-state index contributed by atoms with van der Waals surface area (Å²) in [7, 11) is 0. The van der Waals surface area contributed by atoms with Gasteiger partial charge in [0.2, 0.25) is 5.95 Å². The standard InChI is InChI=1S/C21H27N7O3/c1-4-15(14(2)3)11-26-6-5-16-9-22-20(25-19(16)26)24-17-10-23-27(12-17)13-18(29)28-7-8-31-21(28)30/h5-6,9-10,12,14-15H,4,7-8,11,13H2,1-3H3,(H,22,24,25)/t15-/m1/s1. The second kappa shape index (κ2) is 8.75. The topological polar surface area (TPSA) is 107 Å². The van der Waals surface area contributed by atoms with Gasteiger partial charge >= 0.3 is 6.09 Å². The largest absolute Gasteiger partial charge is 0.447 e. The van der Waals surface area contributed by atoms with Crippen molar-refractivity contribution in [2.45, 2.75) is 40.3 Å². The molecular weight excluding hydrogens is 398 g/mol. The number of ether oxygens (including phenoxy) is 1. The zero-order valence-corrected chi connectivity index (χ0v) is 18.0. The van der Waals surface area contributed by atoms with Gasteiger partial charge in [-0.15, -0.1) is 0 Å². The summed E-state index contributed by atoms with van der Waals surface area (Å²) in [6, 6.07) is 2.03. The number of carbonyl (C=O) groups excluding carboxylic acids is 2. The molecule has 31 heavy (non-hydrogen) atoms. The van der Waals surface area contributed by atoms with E-state index < -0.39 is 6.09 Å². The first-order valence-electron chi connectivity index (χ1n) is 10.5. The van der Waals surface area contributed by atoms with E-state index in [-0.39, 0.29) is 25.6 Å². The Bertz CT molecular complexity index is 1090. The van der Waals surface area contributed by atoms with Crippen LogP contribution in [0.5, 0.6) is 0 Å². The number of cyclic esters (lactones) is 1. The zero-order valence-electron chi connectivity index (χ0n) is 18.0. The summed E-state index contributed by atoms with van der Waals surface area (Å²) in [6.45, 7) is 8.07. The average molecular weight is 425 g/mol. The fraction of sp³-hybridized carbons (Fsp3) is 0.476. The molecule has 1 fully saturated rings. The summed E-state index contributed by atoms with van der Waals surface area (Å²) >= 11 is 0. The molecule has 0 unspecified atom stereocenters. The monoisotopic (exact) mass is 425 g/mol. The third-order valence-corrected chi connectivity index (χ3v) is 5.65. The van der Waals surface area contributed by atoms with Crippen LogP contribution in [0.4, 0.5) is 16.4 Å². The van der Waals surface area contributed by atoms with E-state index in [0.717, 1.165) is 28.9 Å². The summed E-state index contributed by atoms with van der Waals surface area (Å²) in [5, 5.41) is 8.31. The van der Waals surface area contributed by atoms with E-state index in [1.165, 1.54) is 4.68 Å². The van der Waals surface area contributed by atoms with Crippen molar-refractivity contribution in [1.29, 1.82) is 0 Å². The van der Waals surface area contributed by atoms with Crippen LogP contribution >= 0.6 is 0 Å². The van der Waals surface area contributed by atoms with Crippen LogP contribution in [0.1, 0.15) is 27.2 Å². The molecule has 0 radical (unpaired) electrons. The van der Waals surface area contributed by atoms with E-state index in [0.29, 0.717) is 23.5 Å². The average Bonchev–Trinajstić information content (AvgIpc) is 3.46. The van der Waals surface area contributed by atoms with E-state index in [1.54, 1.807) is 18.6 Å². The van der Waals surface area contributed by atoms with Crippen molar-refractivity contribution in [2.75, 3.05) is 18.5 Å². The Morgan fingerprint density at radius 3 is 2.87 bits per heavy atom. The molecule has 0 bridgehead atoms. The molecule has 164 valence electrons. The molecule has 10 nitrogen and oxygen atoms in total. The third kappa shape index (κ3) is 4.52. The van der Waals surface area contributed by atoms with E-state index in [4.69, 9.17) is 4.74 Å². The molecule has 0 saturated carbocycles.